The van der Waals surface area contributed by atoms with Crippen LogP contribution in [-0.4, -0.2) is 9.97 Å². The van der Waals surface area contributed by atoms with Gasteiger partial charge in [-0.15, -0.1) is 0 Å². The van der Waals surface area contributed by atoms with E-state index in [2.05, 4.69) is 97.1 Å². The maximum atomic E-state index is 6.56. The summed E-state index contributed by atoms with van der Waals surface area (Å²) >= 11 is 0. The molecule has 3 heterocycles. The molecule has 0 radical (unpaired) electrons. The molecule has 44 heavy (non-hydrogen) atoms. The van der Waals surface area contributed by atoms with Gasteiger partial charge in [-0.1, -0.05) is 91.0 Å². The number of furan rings is 2. The molecule has 0 fully saturated rings. The largest absolute Gasteiger partial charge is 0.455 e. The lowest BCUT2D eigenvalue weighted by molar-refractivity contribution is 0.658. The molecule has 0 atom stereocenters. The van der Waals surface area contributed by atoms with Crippen molar-refractivity contribution in [2.75, 3.05) is 0 Å². The maximum absolute atomic E-state index is 6.56. The molecule has 7 aromatic carbocycles. The van der Waals surface area contributed by atoms with Crippen molar-refractivity contribution < 1.29 is 8.83 Å². The predicted octanol–water partition coefficient (Wildman–Crippen LogP) is 11.1. The molecule has 0 saturated carbocycles. The topological polar surface area (TPSA) is 52.1 Å². The van der Waals surface area contributed by atoms with Gasteiger partial charge in [0, 0.05) is 44.7 Å². The van der Waals surface area contributed by atoms with Crippen molar-refractivity contribution in [2.45, 2.75) is 0 Å². The monoisotopic (exact) mass is 562 g/mol. The summed E-state index contributed by atoms with van der Waals surface area (Å²) in [5, 5.41) is 8.93. The quantitative estimate of drug-likeness (QED) is 0.197. The van der Waals surface area contributed by atoms with Gasteiger partial charge in [0.05, 0.1) is 16.6 Å². The Bertz CT molecular complexity index is 2660. The third-order valence-electron chi connectivity index (χ3n) is 8.94. The van der Waals surface area contributed by atoms with Crippen LogP contribution >= 0.6 is 0 Å². The Labute approximate surface area is 250 Å². The molecule has 4 nitrogen and oxygen atoms in total. The Balaban J connectivity index is 1.25. The van der Waals surface area contributed by atoms with Crippen molar-refractivity contribution in [3.63, 3.8) is 0 Å². The van der Waals surface area contributed by atoms with Crippen LogP contribution in [0.1, 0.15) is 0 Å². The molecule has 10 rings (SSSR count). The summed E-state index contributed by atoms with van der Waals surface area (Å²) in [4.78, 5) is 9.51. The smallest absolute Gasteiger partial charge is 0.147 e. The van der Waals surface area contributed by atoms with Crippen LogP contribution in [0.25, 0.3) is 98.7 Å². The van der Waals surface area contributed by atoms with E-state index in [1.54, 1.807) is 12.4 Å². The number of para-hydroxylation sites is 2. The third-order valence-corrected chi connectivity index (χ3v) is 8.94. The van der Waals surface area contributed by atoms with Crippen molar-refractivity contribution in [3.8, 4) is 22.3 Å². The Kier molecular flexibility index (Phi) is 4.69. The summed E-state index contributed by atoms with van der Waals surface area (Å²) in [5.41, 5.74) is 9.46. The molecule has 0 amide bonds. The lowest BCUT2D eigenvalue weighted by atomic mass is 9.93. The number of hydrogen-bond donors (Lipinski definition) is 0. The van der Waals surface area contributed by atoms with E-state index in [4.69, 9.17) is 18.8 Å². The van der Waals surface area contributed by atoms with Crippen LogP contribution in [-0.2, 0) is 0 Å². The van der Waals surface area contributed by atoms with Gasteiger partial charge in [-0.05, 0) is 57.8 Å². The minimum Gasteiger partial charge on any atom is -0.455 e. The van der Waals surface area contributed by atoms with Gasteiger partial charge in [-0.25, -0.2) is 0 Å². The minimum atomic E-state index is 0.834. The van der Waals surface area contributed by atoms with Gasteiger partial charge >= 0.3 is 0 Å². The molecule has 0 aliphatic heterocycles. The number of benzene rings is 7. The Morgan fingerprint density at radius 3 is 1.61 bits per heavy atom. The van der Waals surface area contributed by atoms with Crippen LogP contribution in [0.2, 0.25) is 0 Å². The van der Waals surface area contributed by atoms with E-state index in [-0.39, 0.29) is 0 Å². The Morgan fingerprint density at radius 2 is 0.909 bits per heavy atom. The molecule has 4 heteroatoms. The van der Waals surface area contributed by atoms with Crippen LogP contribution < -0.4 is 0 Å². The molecule has 0 bridgehead atoms. The summed E-state index contributed by atoms with van der Waals surface area (Å²) in [6.07, 6.45) is 3.54. The van der Waals surface area contributed by atoms with Crippen LogP contribution in [0.5, 0.6) is 0 Å². The first-order valence-electron chi connectivity index (χ1n) is 14.7. The first kappa shape index (κ1) is 23.6. The highest BCUT2D eigenvalue weighted by molar-refractivity contribution is 6.24. The molecule has 0 saturated heterocycles. The number of hydrogen-bond acceptors (Lipinski definition) is 4. The van der Waals surface area contributed by atoms with Gasteiger partial charge < -0.3 is 8.83 Å². The molecule has 0 spiro atoms. The number of aromatic nitrogens is 2. The van der Waals surface area contributed by atoms with Gasteiger partial charge in [0.25, 0.3) is 0 Å². The lowest BCUT2D eigenvalue weighted by Gasteiger charge is -2.12. The highest BCUT2D eigenvalue weighted by Crippen LogP contribution is 2.45. The van der Waals surface area contributed by atoms with Gasteiger partial charge in [0.2, 0.25) is 0 Å². The van der Waals surface area contributed by atoms with Gasteiger partial charge in [-0.2, -0.15) is 0 Å². The zero-order chi connectivity index (χ0) is 28.8. The molecule has 10 aromatic rings. The fourth-order valence-corrected chi connectivity index (χ4v) is 6.96. The molecule has 0 aliphatic rings. The SMILES string of the molecule is c1cc(-c2ccc3c4ccccc4c4nccnc4c3c2)cc(-c2c3oc4ccccc4c3cc3c2oc2ccccc23)c1. The first-order valence-corrected chi connectivity index (χ1v) is 14.7. The third kappa shape index (κ3) is 3.22. The lowest BCUT2D eigenvalue weighted by Crippen LogP contribution is -1.89. The Morgan fingerprint density at radius 1 is 0.364 bits per heavy atom. The van der Waals surface area contributed by atoms with Crippen LogP contribution in [0.15, 0.2) is 143 Å². The van der Waals surface area contributed by atoms with Crippen LogP contribution in [0, 0.1) is 0 Å². The molecule has 0 aliphatic carbocycles. The standard InChI is InChI=1S/C40H22N2O2/c1-2-13-30-26(10-1)27-17-16-24(21-31(27)38-37(30)41-18-19-42-38)23-8-7-9-25(20-23)36-39-32(28-11-3-5-14-34(28)43-39)22-33-29-12-4-6-15-35(29)44-40(33)36/h1-22H. The summed E-state index contributed by atoms with van der Waals surface area (Å²) < 4.78 is 13.1. The van der Waals surface area contributed by atoms with Crippen molar-refractivity contribution in [1.29, 1.82) is 0 Å². The zero-order valence-corrected chi connectivity index (χ0v) is 23.4. The van der Waals surface area contributed by atoms with Crippen molar-refractivity contribution in [2.24, 2.45) is 0 Å². The van der Waals surface area contributed by atoms with E-state index in [9.17, 15) is 0 Å². The maximum Gasteiger partial charge on any atom is 0.147 e. The van der Waals surface area contributed by atoms with Crippen molar-refractivity contribution in [1.82, 2.24) is 9.97 Å². The summed E-state index contributed by atoms with van der Waals surface area (Å²) in [7, 11) is 0. The Hall–Kier alpha value is -6.00. The highest BCUT2D eigenvalue weighted by atomic mass is 16.3. The molecule has 0 unspecified atom stereocenters. The van der Waals surface area contributed by atoms with E-state index >= 15 is 0 Å². The summed E-state index contributed by atoms with van der Waals surface area (Å²) in [5.74, 6) is 0. The van der Waals surface area contributed by atoms with Gasteiger partial charge in [0.15, 0.2) is 0 Å². The summed E-state index contributed by atoms with van der Waals surface area (Å²) in [6, 6.07) is 42.4. The molecular formula is C40H22N2O2. The van der Waals surface area contributed by atoms with Crippen LogP contribution in [0.4, 0.5) is 0 Å². The van der Waals surface area contributed by atoms with Crippen molar-refractivity contribution in [3.05, 3.63) is 134 Å². The van der Waals surface area contributed by atoms with E-state index in [1.165, 1.54) is 10.8 Å². The second-order valence-corrected chi connectivity index (χ2v) is 11.3. The van der Waals surface area contributed by atoms with Gasteiger partial charge in [-0.3, -0.25) is 9.97 Å². The van der Waals surface area contributed by atoms with E-state index in [1.807, 2.05) is 24.3 Å². The number of fused-ring (bicyclic) bond motifs is 12. The molecular weight excluding hydrogens is 540 g/mol. The van der Waals surface area contributed by atoms with E-state index in [0.29, 0.717) is 0 Å². The molecule has 204 valence electrons. The molecule has 0 N–H and O–H groups in total. The van der Waals surface area contributed by atoms with E-state index < -0.39 is 0 Å². The van der Waals surface area contributed by atoms with E-state index in [0.717, 1.165) is 87.9 Å². The fraction of sp³-hybridized carbons (Fsp3) is 0. The first-order chi connectivity index (χ1) is 21.8. The van der Waals surface area contributed by atoms with Crippen LogP contribution in [0.3, 0.4) is 0 Å². The fourth-order valence-electron chi connectivity index (χ4n) is 6.96. The normalized spacial score (nSPS) is 12.1. The minimum absolute atomic E-state index is 0.834. The average molecular weight is 563 g/mol. The zero-order valence-electron chi connectivity index (χ0n) is 23.4. The van der Waals surface area contributed by atoms with Gasteiger partial charge in [0.1, 0.15) is 22.3 Å². The number of rotatable bonds is 2. The second kappa shape index (κ2) is 8.76. The number of nitrogens with zero attached hydrogens (tertiary/aromatic N) is 2. The molecule has 3 aromatic heterocycles. The highest BCUT2D eigenvalue weighted by Gasteiger charge is 2.21. The second-order valence-electron chi connectivity index (χ2n) is 11.3. The summed E-state index contributed by atoms with van der Waals surface area (Å²) in [6.45, 7) is 0. The predicted molar refractivity (Wildman–Crippen MR) is 180 cm³/mol. The average Bonchev–Trinajstić information content (AvgIpc) is 3.65. The van der Waals surface area contributed by atoms with Crippen molar-refractivity contribution >= 4 is 76.5 Å².